The molecule has 3 heterocycles. The van der Waals surface area contributed by atoms with Gasteiger partial charge in [0, 0.05) is 31.8 Å². The third-order valence-electron chi connectivity index (χ3n) is 3.54. The van der Waals surface area contributed by atoms with E-state index >= 15 is 0 Å². The van der Waals surface area contributed by atoms with E-state index in [0.29, 0.717) is 12.5 Å². The van der Waals surface area contributed by atoms with Crippen LogP contribution in [0.3, 0.4) is 0 Å². The molecular formula is C15H18N4O2. The van der Waals surface area contributed by atoms with Crippen LogP contribution in [0.4, 0.5) is 5.69 Å². The van der Waals surface area contributed by atoms with Gasteiger partial charge < -0.3 is 10.1 Å². The molecule has 0 aromatic carbocycles. The lowest BCUT2D eigenvalue weighted by atomic mass is 10.1. The highest BCUT2D eigenvalue weighted by Gasteiger charge is 2.16. The maximum atomic E-state index is 12.0. The van der Waals surface area contributed by atoms with Crippen molar-refractivity contribution in [1.29, 1.82) is 0 Å². The van der Waals surface area contributed by atoms with Gasteiger partial charge in [0.15, 0.2) is 0 Å². The molecule has 0 aliphatic carbocycles. The quantitative estimate of drug-likeness (QED) is 0.930. The Hall–Kier alpha value is -2.21. The summed E-state index contributed by atoms with van der Waals surface area (Å²) >= 11 is 0. The zero-order valence-corrected chi connectivity index (χ0v) is 11.7. The van der Waals surface area contributed by atoms with E-state index in [9.17, 15) is 4.79 Å². The Morgan fingerprint density at radius 3 is 3.00 bits per heavy atom. The second-order valence-corrected chi connectivity index (χ2v) is 5.14. The number of amides is 1. The van der Waals surface area contributed by atoms with Crippen LogP contribution in [0.25, 0.3) is 0 Å². The lowest BCUT2D eigenvalue weighted by Crippen LogP contribution is -2.20. The normalized spacial score (nSPS) is 15.8. The first-order valence-corrected chi connectivity index (χ1v) is 7.12. The fourth-order valence-electron chi connectivity index (χ4n) is 2.45. The summed E-state index contributed by atoms with van der Waals surface area (Å²) in [5.41, 5.74) is 1.63. The average molecular weight is 286 g/mol. The number of aromatic nitrogens is 3. The van der Waals surface area contributed by atoms with Crippen LogP contribution >= 0.6 is 0 Å². The molecule has 0 unspecified atom stereocenters. The number of nitrogens with one attached hydrogen (secondary N) is 1. The monoisotopic (exact) mass is 286 g/mol. The van der Waals surface area contributed by atoms with E-state index in [1.54, 1.807) is 18.6 Å². The van der Waals surface area contributed by atoms with E-state index in [1.165, 1.54) is 0 Å². The van der Waals surface area contributed by atoms with Gasteiger partial charge in [0.1, 0.15) is 0 Å². The van der Waals surface area contributed by atoms with E-state index in [0.717, 1.165) is 37.3 Å². The molecule has 3 rings (SSSR count). The van der Waals surface area contributed by atoms with Gasteiger partial charge in [-0.3, -0.25) is 14.5 Å². The zero-order chi connectivity index (χ0) is 14.5. The summed E-state index contributed by atoms with van der Waals surface area (Å²) in [6.07, 6.45) is 9.21. The highest BCUT2D eigenvalue weighted by molar-refractivity contribution is 5.91. The van der Waals surface area contributed by atoms with Crippen LogP contribution in [0.2, 0.25) is 0 Å². The molecule has 21 heavy (non-hydrogen) atoms. The van der Waals surface area contributed by atoms with Gasteiger partial charge in [-0.15, -0.1) is 0 Å². The van der Waals surface area contributed by atoms with Crippen molar-refractivity contribution >= 4 is 11.6 Å². The molecule has 0 saturated carbocycles. The molecule has 2 aromatic rings. The summed E-state index contributed by atoms with van der Waals surface area (Å²) in [7, 11) is 0. The van der Waals surface area contributed by atoms with Crippen LogP contribution in [-0.2, 0) is 16.0 Å². The number of pyridine rings is 1. The predicted octanol–water partition coefficient (Wildman–Crippen LogP) is 1.81. The summed E-state index contributed by atoms with van der Waals surface area (Å²) < 4.78 is 7.26. The molecule has 0 bridgehead atoms. The molecule has 6 heteroatoms. The summed E-state index contributed by atoms with van der Waals surface area (Å²) in [6, 6.07) is 4.08. The van der Waals surface area contributed by atoms with E-state index in [-0.39, 0.29) is 5.91 Å². The van der Waals surface area contributed by atoms with Crippen LogP contribution in [0.15, 0.2) is 36.9 Å². The Balaban J connectivity index is 1.57. The number of anilines is 1. The zero-order valence-electron chi connectivity index (χ0n) is 11.7. The van der Waals surface area contributed by atoms with Crippen molar-refractivity contribution in [3.8, 4) is 0 Å². The molecule has 0 radical (unpaired) electrons. The second-order valence-electron chi connectivity index (χ2n) is 5.14. The first-order valence-electron chi connectivity index (χ1n) is 7.12. The fraction of sp³-hybridized carbons (Fsp3) is 0.400. The molecule has 110 valence electrons. The minimum Gasteiger partial charge on any atom is -0.381 e. The van der Waals surface area contributed by atoms with Crippen molar-refractivity contribution in [2.45, 2.75) is 25.3 Å². The topological polar surface area (TPSA) is 69.0 Å². The van der Waals surface area contributed by atoms with Gasteiger partial charge in [-0.2, -0.15) is 5.10 Å². The number of rotatable bonds is 4. The Morgan fingerprint density at radius 1 is 1.38 bits per heavy atom. The van der Waals surface area contributed by atoms with Gasteiger partial charge in [-0.25, -0.2) is 0 Å². The smallest absolute Gasteiger partial charge is 0.228 e. The number of hydrogen-bond acceptors (Lipinski definition) is 4. The largest absolute Gasteiger partial charge is 0.381 e. The fourth-order valence-corrected chi connectivity index (χ4v) is 2.45. The van der Waals surface area contributed by atoms with E-state index in [1.807, 2.05) is 23.0 Å². The highest BCUT2D eigenvalue weighted by Crippen LogP contribution is 2.21. The van der Waals surface area contributed by atoms with Crippen molar-refractivity contribution in [1.82, 2.24) is 14.8 Å². The molecule has 1 aliphatic rings. The number of hydrogen-bond donors (Lipinski definition) is 1. The number of carbonyl (C=O) groups is 1. The van der Waals surface area contributed by atoms with Crippen molar-refractivity contribution in [3.63, 3.8) is 0 Å². The van der Waals surface area contributed by atoms with E-state index in [2.05, 4.69) is 15.4 Å². The van der Waals surface area contributed by atoms with Gasteiger partial charge in [0.05, 0.1) is 24.3 Å². The molecule has 1 amide bonds. The molecule has 2 aromatic heterocycles. The molecule has 1 fully saturated rings. The third kappa shape index (κ3) is 3.66. The van der Waals surface area contributed by atoms with Gasteiger partial charge in [0.25, 0.3) is 0 Å². The van der Waals surface area contributed by atoms with Gasteiger partial charge >= 0.3 is 0 Å². The van der Waals surface area contributed by atoms with E-state index in [4.69, 9.17) is 4.74 Å². The van der Waals surface area contributed by atoms with Crippen LogP contribution in [0.5, 0.6) is 0 Å². The molecule has 0 spiro atoms. The molecular weight excluding hydrogens is 268 g/mol. The molecule has 1 saturated heterocycles. The predicted molar refractivity (Wildman–Crippen MR) is 77.9 cm³/mol. The Bertz CT molecular complexity index is 591. The van der Waals surface area contributed by atoms with Gasteiger partial charge in [-0.1, -0.05) is 6.07 Å². The van der Waals surface area contributed by atoms with Crippen LogP contribution < -0.4 is 5.32 Å². The highest BCUT2D eigenvalue weighted by atomic mass is 16.5. The van der Waals surface area contributed by atoms with Crippen LogP contribution in [0, 0.1) is 0 Å². The van der Waals surface area contributed by atoms with Crippen LogP contribution in [-0.4, -0.2) is 33.9 Å². The third-order valence-corrected chi connectivity index (χ3v) is 3.54. The molecule has 6 nitrogen and oxygen atoms in total. The van der Waals surface area contributed by atoms with Gasteiger partial charge in [-0.05, 0) is 24.5 Å². The number of carbonyl (C=O) groups excluding carboxylic acids is 1. The minimum absolute atomic E-state index is 0.0606. The summed E-state index contributed by atoms with van der Waals surface area (Å²) in [5.74, 6) is -0.0606. The van der Waals surface area contributed by atoms with Gasteiger partial charge in [0.2, 0.25) is 5.91 Å². The average Bonchev–Trinajstić information content (AvgIpc) is 2.97. The molecule has 1 aliphatic heterocycles. The lowest BCUT2D eigenvalue weighted by Gasteiger charge is -2.22. The summed E-state index contributed by atoms with van der Waals surface area (Å²) in [5, 5.41) is 7.20. The van der Waals surface area contributed by atoms with Crippen molar-refractivity contribution in [2.24, 2.45) is 0 Å². The summed E-state index contributed by atoms with van der Waals surface area (Å²) in [6.45, 7) is 1.54. The molecule has 1 N–H and O–H groups in total. The first kappa shape index (κ1) is 13.8. The SMILES string of the molecule is O=C(Cc1cccnc1)Nc1cnn(C2CCOCC2)c1. The van der Waals surface area contributed by atoms with Crippen LogP contribution in [0.1, 0.15) is 24.4 Å². The van der Waals surface area contributed by atoms with Crippen molar-refractivity contribution in [2.75, 3.05) is 18.5 Å². The van der Waals surface area contributed by atoms with Crippen molar-refractivity contribution < 1.29 is 9.53 Å². The van der Waals surface area contributed by atoms with E-state index < -0.39 is 0 Å². The standard InChI is InChI=1S/C15H18N4O2/c20-15(8-12-2-1-5-16-9-12)18-13-10-17-19(11-13)14-3-6-21-7-4-14/h1-2,5,9-11,14H,3-4,6-8H2,(H,18,20). The lowest BCUT2D eigenvalue weighted by molar-refractivity contribution is -0.115. The number of nitrogens with zero attached hydrogens (tertiary/aromatic N) is 3. The summed E-state index contributed by atoms with van der Waals surface area (Å²) in [4.78, 5) is 16.0. The second kappa shape index (κ2) is 6.49. The number of ether oxygens (including phenoxy) is 1. The van der Waals surface area contributed by atoms with Crippen molar-refractivity contribution in [3.05, 3.63) is 42.5 Å². The first-order chi connectivity index (χ1) is 10.3. The maximum absolute atomic E-state index is 12.0. The Labute approximate surface area is 123 Å². The minimum atomic E-state index is -0.0606. The Morgan fingerprint density at radius 2 is 2.24 bits per heavy atom. The molecule has 0 atom stereocenters. The maximum Gasteiger partial charge on any atom is 0.228 e. The Kier molecular flexibility index (Phi) is 4.25.